The molecule has 19 heavy (non-hydrogen) atoms. The van der Waals surface area contributed by atoms with E-state index in [1.165, 1.54) is 0 Å². The summed E-state index contributed by atoms with van der Waals surface area (Å²) in [5.41, 5.74) is 1.75. The van der Waals surface area contributed by atoms with E-state index in [2.05, 4.69) is 4.98 Å². The Kier molecular flexibility index (Phi) is 4.64. The molecule has 1 N–H and O–H groups in total. The van der Waals surface area contributed by atoms with Crippen LogP contribution >= 0.6 is 0 Å². The van der Waals surface area contributed by atoms with Crippen LogP contribution in [-0.4, -0.2) is 27.7 Å². The summed E-state index contributed by atoms with van der Waals surface area (Å²) in [6.45, 7) is 0.287. The predicted octanol–water partition coefficient (Wildman–Crippen LogP) is 2.08. The largest absolute Gasteiger partial charge is 0.286 e. The number of carbonyl (C=O) groups excluding carboxylic acids is 1. The van der Waals surface area contributed by atoms with Gasteiger partial charge in [-0.1, -0.05) is 36.4 Å². The van der Waals surface area contributed by atoms with Crippen molar-refractivity contribution in [3.8, 4) is 0 Å². The van der Waals surface area contributed by atoms with Crippen molar-refractivity contribution in [2.75, 3.05) is 6.54 Å². The molecule has 0 fully saturated rings. The smallest absolute Gasteiger partial charge is 0.251 e. The Bertz CT molecular complexity index is 514. The summed E-state index contributed by atoms with van der Waals surface area (Å²) in [6, 6.07) is 15.1. The summed E-state index contributed by atoms with van der Waals surface area (Å²) >= 11 is 0. The third-order valence-corrected chi connectivity index (χ3v) is 2.80. The summed E-state index contributed by atoms with van der Waals surface area (Å²) in [7, 11) is 0. The van der Waals surface area contributed by atoms with Crippen LogP contribution in [0.1, 0.15) is 11.3 Å². The molecule has 0 bridgehead atoms. The molecule has 1 amide bonds. The molecule has 0 saturated heterocycles. The number of carbonyl (C=O) groups is 1. The van der Waals surface area contributed by atoms with Crippen LogP contribution in [-0.2, 0) is 17.6 Å². The summed E-state index contributed by atoms with van der Waals surface area (Å²) < 4.78 is 0. The zero-order chi connectivity index (χ0) is 13.5. The maximum absolute atomic E-state index is 11.8. The zero-order valence-corrected chi connectivity index (χ0v) is 10.6. The van der Waals surface area contributed by atoms with Gasteiger partial charge in [-0.3, -0.25) is 15.0 Å². The van der Waals surface area contributed by atoms with Gasteiger partial charge in [0.2, 0.25) is 0 Å². The van der Waals surface area contributed by atoms with Gasteiger partial charge >= 0.3 is 0 Å². The number of hydrogen-bond acceptors (Lipinski definition) is 3. The SMILES string of the molecule is O=C(Cc1ccccn1)N(O)CCc1ccccc1. The van der Waals surface area contributed by atoms with Crippen LogP contribution in [0.2, 0.25) is 0 Å². The number of rotatable bonds is 5. The van der Waals surface area contributed by atoms with Gasteiger partial charge in [-0.15, -0.1) is 0 Å². The number of nitrogens with zero attached hydrogens (tertiary/aromatic N) is 2. The first-order valence-electron chi connectivity index (χ1n) is 6.19. The van der Waals surface area contributed by atoms with E-state index in [4.69, 9.17) is 0 Å². The third kappa shape index (κ3) is 4.19. The summed E-state index contributed by atoms with van der Waals surface area (Å²) in [5.74, 6) is -0.338. The maximum atomic E-state index is 11.8. The fourth-order valence-electron chi connectivity index (χ4n) is 1.75. The van der Waals surface area contributed by atoms with Crippen molar-refractivity contribution in [3.63, 3.8) is 0 Å². The molecule has 2 aromatic rings. The second kappa shape index (κ2) is 6.66. The fourth-order valence-corrected chi connectivity index (χ4v) is 1.75. The average Bonchev–Trinajstić information content (AvgIpc) is 2.47. The van der Waals surface area contributed by atoms with Gasteiger partial charge in [0.25, 0.3) is 5.91 Å². The van der Waals surface area contributed by atoms with Crippen molar-refractivity contribution in [1.29, 1.82) is 0 Å². The predicted molar refractivity (Wildman–Crippen MR) is 71.6 cm³/mol. The molecule has 1 aromatic heterocycles. The van der Waals surface area contributed by atoms with Crippen molar-refractivity contribution in [2.45, 2.75) is 12.8 Å². The van der Waals surface area contributed by atoms with Gasteiger partial charge in [-0.05, 0) is 24.1 Å². The molecular formula is C15H16N2O2. The van der Waals surface area contributed by atoms with Crippen LogP contribution in [0.15, 0.2) is 54.7 Å². The molecule has 2 rings (SSSR count). The van der Waals surface area contributed by atoms with E-state index in [-0.39, 0.29) is 18.9 Å². The lowest BCUT2D eigenvalue weighted by Gasteiger charge is -2.14. The van der Waals surface area contributed by atoms with Gasteiger partial charge in [-0.2, -0.15) is 0 Å². The van der Waals surface area contributed by atoms with Crippen molar-refractivity contribution in [3.05, 3.63) is 66.0 Å². The topological polar surface area (TPSA) is 53.4 Å². The molecule has 0 unspecified atom stereocenters. The molecule has 0 aliphatic heterocycles. The Balaban J connectivity index is 1.83. The molecule has 0 spiro atoms. The standard InChI is InChI=1S/C15H16N2O2/c18-15(12-14-8-4-5-10-16-14)17(19)11-9-13-6-2-1-3-7-13/h1-8,10,19H,9,11-12H2. The Hall–Kier alpha value is -2.20. The molecular weight excluding hydrogens is 240 g/mol. The van der Waals surface area contributed by atoms with Gasteiger partial charge < -0.3 is 0 Å². The molecule has 4 heteroatoms. The highest BCUT2D eigenvalue weighted by atomic mass is 16.5. The van der Waals surface area contributed by atoms with Gasteiger partial charge in [0.1, 0.15) is 0 Å². The van der Waals surface area contributed by atoms with E-state index >= 15 is 0 Å². The van der Waals surface area contributed by atoms with Crippen molar-refractivity contribution < 1.29 is 10.0 Å². The van der Waals surface area contributed by atoms with Crippen LogP contribution in [0.25, 0.3) is 0 Å². The van der Waals surface area contributed by atoms with Crippen LogP contribution in [0.5, 0.6) is 0 Å². The van der Waals surface area contributed by atoms with E-state index in [9.17, 15) is 10.0 Å². The lowest BCUT2D eigenvalue weighted by molar-refractivity contribution is -0.164. The first kappa shape index (κ1) is 13.2. The minimum Gasteiger partial charge on any atom is -0.286 e. The van der Waals surface area contributed by atoms with Crippen molar-refractivity contribution in [2.24, 2.45) is 0 Å². The lowest BCUT2D eigenvalue weighted by atomic mass is 10.1. The summed E-state index contributed by atoms with van der Waals surface area (Å²) in [6.07, 6.45) is 2.38. The maximum Gasteiger partial charge on any atom is 0.251 e. The van der Waals surface area contributed by atoms with E-state index < -0.39 is 0 Å². The monoisotopic (exact) mass is 256 g/mol. The summed E-state index contributed by atoms with van der Waals surface area (Å²) in [5, 5.41) is 10.5. The highest BCUT2D eigenvalue weighted by Gasteiger charge is 2.11. The normalized spacial score (nSPS) is 10.2. The van der Waals surface area contributed by atoms with Crippen LogP contribution in [0.3, 0.4) is 0 Å². The average molecular weight is 256 g/mol. The highest BCUT2D eigenvalue weighted by molar-refractivity contribution is 5.77. The summed E-state index contributed by atoms with van der Waals surface area (Å²) in [4.78, 5) is 15.8. The van der Waals surface area contributed by atoms with Gasteiger partial charge in [0.15, 0.2) is 0 Å². The number of hydrogen-bond donors (Lipinski definition) is 1. The van der Waals surface area contributed by atoms with Gasteiger partial charge in [0.05, 0.1) is 13.0 Å². The van der Waals surface area contributed by atoms with Gasteiger partial charge in [0, 0.05) is 11.9 Å². The molecule has 1 heterocycles. The first-order valence-corrected chi connectivity index (χ1v) is 6.19. The quantitative estimate of drug-likeness (QED) is 0.658. The van der Waals surface area contributed by atoms with Crippen molar-refractivity contribution >= 4 is 5.91 Å². The Morgan fingerprint density at radius 3 is 2.53 bits per heavy atom. The van der Waals surface area contributed by atoms with Crippen LogP contribution in [0.4, 0.5) is 0 Å². The second-order valence-electron chi connectivity index (χ2n) is 4.25. The second-order valence-corrected chi connectivity index (χ2v) is 4.25. The molecule has 0 aliphatic carbocycles. The minimum atomic E-state index is -0.338. The number of pyridine rings is 1. The van der Waals surface area contributed by atoms with E-state index in [0.717, 1.165) is 10.6 Å². The molecule has 0 saturated carbocycles. The van der Waals surface area contributed by atoms with Crippen LogP contribution < -0.4 is 0 Å². The number of hydroxylamine groups is 2. The molecule has 1 aromatic carbocycles. The Morgan fingerprint density at radius 2 is 1.84 bits per heavy atom. The van der Waals surface area contributed by atoms with E-state index in [1.54, 1.807) is 18.3 Å². The Labute approximate surface area is 112 Å². The van der Waals surface area contributed by atoms with Crippen LogP contribution in [0, 0.1) is 0 Å². The molecule has 0 radical (unpaired) electrons. The van der Waals surface area contributed by atoms with Gasteiger partial charge in [-0.25, -0.2) is 5.06 Å². The first-order chi connectivity index (χ1) is 9.25. The number of amides is 1. The number of benzene rings is 1. The zero-order valence-electron chi connectivity index (χ0n) is 10.6. The molecule has 4 nitrogen and oxygen atoms in total. The molecule has 0 atom stereocenters. The molecule has 0 aliphatic rings. The Morgan fingerprint density at radius 1 is 1.11 bits per heavy atom. The van der Waals surface area contributed by atoms with Crippen molar-refractivity contribution in [1.82, 2.24) is 10.0 Å². The molecule has 98 valence electrons. The lowest BCUT2D eigenvalue weighted by Crippen LogP contribution is -2.31. The van der Waals surface area contributed by atoms with E-state index in [0.29, 0.717) is 12.1 Å². The third-order valence-electron chi connectivity index (χ3n) is 2.80. The highest BCUT2D eigenvalue weighted by Crippen LogP contribution is 2.02. The fraction of sp³-hybridized carbons (Fsp3) is 0.200. The van der Waals surface area contributed by atoms with E-state index in [1.807, 2.05) is 36.4 Å². The minimum absolute atomic E-state index is 0.117. The number of aromatic nitrogens is 1.